The third-order valence-electron chi connectivity index (χ3n) is 2.36. The monoisotopic (exact) mass is 213 g/mol. The molecule has 0 aromatic carbocycles. The second-order valence-electron chi connectivity index (χ2n) is 3.71. The molecule has 0 aliphatic carbocycles. The first-order valence-electron chi connectivity index (χ1n) is 5.61. The number of unbranched alkanes of at least 4 members (excludes halogenated alkanes) is 2. The Morgan fingerprint density at radius 1 is 1.47 bits per heavy atom. The molecule has 1 rings (SSSR count). The molecule has 0 aliphatic rings. The Morgan fingerprint density at radius 3 is 2.93 bits per heavy atom. The fourth-order valence-electron chi connectivity index (χ4n) is 1.49. The van der Waals surface area contributed by atoms with Gasteiger partial charge in [-0.25, -0.2) is 4.39 Å². The van der Waals surface area contributed by atoms with Crippen LogP contribution in [0.15, 0.2) is 6.20 Å². The summed E-state index contributed by atoms with van der Waals surface area (Å²) in [6, 6.07) is 0. The number of anilines is 1. The van der Waals surface area contributed by atoms with Crippen molar-refractivity contribution in [1.82, 2.24) is 9.78 Å². The van der Waals surface area contributed by atoms with E-state index in [9.17, 15) is 4.39 Å². The summed E-state index contributed by atoms with van der Waals surface area (Å²) in [4.78, 5) is 0. The van der Waals surface area contributed by atoms with Gasteiger partial charge in [0.2, 0.25) is 0 Å². The maximum Gasteiger partial charge on any atom is 0.109 e. The average Bonchev–Trinajstić information content (AvgIpc) is 2.55. The minimum atomic E-state index is -0.365. The zero-order valence-electron chi connectivity index (χ0n) is 9.59. The molecule has 4 heteroatoms. The van der Waals surface area contributed by atoms with Crippen LogP contribution in [0.2, 0.25) is 0 Å². The Morgan fingerprint density at radius 2 is 2.27 bits per heavy atom. The fourth-order valence-corrected chi connectivity index (χ4v) is 1.49. The summed E-state index contributed by atoms with van der Waals surface area (Å²) in [5, 5.41) is 7.53. The highest BCUT2D eigenvalue weighted by Crippen LogP contribution is 2.12. The number of halogens is 1. The summed E-state index contributed by atoms with van der Waals surface area (Å²) in [6.07, 6.45) is 5.51. The van der Waals surface area contributed by atoms with E-state index in [4.69, 9.17) is 0 Å². The summed E-state index contributed by atoms with van der Waals surface area (Å²) in [5.74, 6) is 0. The van der Waals surface area contributed by atoms with Crippen molar-refractivity contribution in [2.45, 2.75) is 39.7 Å². The van der Waals surface area contributed by atoms with Crippen molar-refractivity contribution in [3.63, 3.8) is 0 Å². The van der Waals surface area contributed by atoms with Gasteiger partial charge in [0.1, 0.15) is 6.67 Å². The molecule has 0 atom stereocenters. The number of rotatable bonds is 7. The van der Waals surface area contributed by atoms with E-state index in [-0.39, 0.29) is 6.67 Å². The number of nitrogens with zero attached hydrogens (tertiary/aromatic N) is 2. The Hall–Kier alpha value is -1.06. The third kappa shape index (κ3) is 3.90. The summed E-state index contributed by atoms with van der Waals surface area (Å²) in [7, 11) is 0. The molecule has 86 valence electrons. The van der Waals surface area contributed by atoms with Gasteiger partial charge in [-0.2, -0.15) is 5.10 Å². The predicted octanol–water partition coefficient (Wildman–Crippen LogP) is 2.76. The normalized spacial score (nSPS) is 10.6. The first kappa shape index (κ1) is 12.0. The van der Waals surface area contributed by atoms with E-state index in [2.05, 4.69) is 17.3 Å². The maximum atomic E-state index is 12.1. The van der Waals surface area contributed by atoms with E-state index in [0.29, 0.717) is 6.54 Å². The summed E-state index contributed by atoms with van der Waals surface area (Å²) in [6.45, 7) is 5.07. The van der Waals surface area contributed by atoms with Gasteiger partial charge < -0.3 is 5.32 Å². The van der Waals surface area contributed by atoms with Crippen LogP contribution in [0.3, 0.4) is 0 Å². The van der Waals surface area contributed by atoms with Gasteiger partial charge in [-0.3, -0.25) is 4.68 Å². The third-order valence-corrected chi connectivity index (χ3v) is 2.36. The Labute approximate surface area is 90.7 Å². The first-order valence-corrected chi connectivity index (χ1v) is 5.61. The average molecular weight is 213 g/mol. The number of nitrogens with one attached hydrogen (secondary N) is 1. The molecule has 0 radical (unpaired) electrons. The number of hydrogen-bond donors (Lipinski definition) is 1. The lowest BCUT2D eigenvalue weighted by Gasteiger charge is -2.02. The highest BCUT2D eigenvalue weighted by Gasteiger charge is 2.03. The Bertz CT molecular complexity index is 283. The highest BCUT2D eigenvalue weighted by molar-refractivity contribution is 5.45. The molecule has 0 saturated heterocycles. The molecule has 0 spiro atoms. The molecule has 0 aliphatic heterocycles. The molecule has 0 unspecified atom stereocenters. The van der Waals surface area contributed by atoms with Crippen molar-refractivity contribution in [2.75, 3.05) is 18.5 Å². The molecular formula is C11H20FN3. The van der Waals surface area contributed by atoms with Gasteiger partial charge in [0.05, 0.1) is 17.9 Å². The van der Waals surface area contributed by atoms with Crippen LogP contribution >= 0.6 is 0 Å². The second kappa shape index (κ2) is 6.43. The van der Waals surface area contributed by atoms with Crippen LogP contribution in [0.25, 0.3) is 0 Å². The predicted molar refractivity (Wildman–Crippen MR) is 61.0 cm³/mol. The van der Waals surface area contributed by atoms with Gasteiger partial charge in [0.25, 0.3) is 0 Å². The van der Waals surface area contributed by atoms with Crippen LogP contribution in [0.4, 0.5) is 10.1 Å². The number of aryl methyl sites for hydroxylation is 2. The fraction of sp³-hybridized carbons (Fsp3) is 0.727. The van der Waals surface area contributed by atoms with E-state index in [1.54, 1.807) is 4.68 Å². The van der Waals surface area contributed by atoms with Gasteiger partial charge >= 0.3 is 0 Å². The zero-order valence-corrected chi connectivity index (χ0v) is 9.59. The van der Waals surface area contributed by atoms with Crippen molar-refractivity contribution in [1.29, 1.82) is 0 Å². The highest BCUT2D eigenvalue weighted by atomic mass is 19.1. The number of hydrogen-bond acceptors (Lipinski definition) is 2. The van der Waals surface area contributed by atoms with Crippen LogP contribution in [0.1, 0.15) is 31.9 Å². The van der Waals surface area contributed by atoms with E-state index in [1.165, 1.54) is 19.3 Å². The smallest absolute Gasteiger partial charge is 0.109 e. The lowest BCUT2D eigenvalue weighted by molar-refractivity contribution is 0.426. The lowest BCUT2D eigenvalue weighted by Crippen LogP contribution is -2.01. The summed E-state index contributed by atoms with van der Waals surface area (Å²) >= 11 is 0. The summed E-state index contributed by atoms with van der Waals surface area (Å²) < 4.78 is 13.7. The maximum absolute atomic E-state index is 12.1. The molecule has 0 bridgehead atoms. The molecule has 0 fully saturated rings. The van der Waals surface area contributed by atoms with Crippen molar-refractivity contribution in [2.24, 2.45) is 0 Å². The van der Waals surface area contributed by atoms with Crippen LogP contribution in [-0.2, 0) is 6.54 Å². The Balaban J connectivity index is 2.39. The Kier molecular flexibility index (Phi) is 5.15. The lowest BCUT2D eigenvalue weighted by atomic mass is 10.2. The molecular weight excluding hydrogens is 193 g/mol. The molecule has 0 saturated carbocycles. The van der Waals surface area contributed by atoms with Crippen LogP contribution < -0.4 is 5.32 Å². The van der Waals surface area contributed by atoms with Gasteiger partial charge in [-0.05, 0) is 13.3 Å². The molecule has 3 nitrogen and oxygen atoms in total. The minimum Gasteiger partial charge on any atom is -0.382 e. The van der Waals surface area contributed by atoms with Gasteiger partial charge in [0.15, 0.2) is 0 Å². The van der Waals surface area contributed by atoms with Crippen molar-refractivity contribution < 1.29 is 4.39 Å². The van der Waals surface area contributed by atoms with E-state index in [1.807, 2.05) is 13.1 Å². The van der Waals surface area contributed by atoms with Gasteiger partial charge in [-0.15, -0.1) is 0 Å². The van der Waals surface area contributed by atoms with E-state index in [0.717, 1.165) is 17.9 Å². The molecule has 1 N–H and O–H groups in total. The number of alkyl halides is 1. The zero-order chi connectivity index (χ0) is 11.1. The van der Waals surface area contributed by atoms with Crippen LogP contribution in [0.5, 0.6) is 0 Å². The van der Waals surface area contributed by atoms with Crippen LogP contribution in [0, 0.1) is 6.92 Å². The van der Waals surface area contributed by atoms with E-state index < -0.39 is 0 Å². The minimum absolute atomic E-state index is 0.345. The quantitative estimate of drug-likeness (QED) is 0.706. The first-order chi connectivity index (χ1) is 7.27. The second-order valence-corrected chi connectivity index (χ2v) is 3.71. The topological polar surface area (TPSA) is 29.9 Å². The molecule has 0 amide bonds. The van der Waals surface area contributed by atoms with Gasteiger partial charge in [0, 0.05) is 12.7 Å². The van der Waals surface area contributed by atoms with Gasteiger partial charge in [-0.1, -0.05) is 19.8 Å². The van der Waals surface area contributed by atoms with Crippen molar-refractivity contribution in [3.05, 3.63) is 11.9 Å². The largest absolute Gasteiger partial charge is 0.382 e. The van der Waals surface area contributed by atoms with Crippen molar-refractivity contribution >= 4 is 5.69 Å². The standard InChI is InChI=1S/C11H20FN3/c1-3-4-5-7-13-11-9-15(8-6-12)14-10(11)2/h9,13H,3-8H2,1-2H3. The van der Waals surface area contributed by atoms with Crippen molar-refractivity contribution in [3.8, 4) is 0 Å². The molecule has 1 aromatic rings. The van der Waals surface area contributed by atoms with Crippen LogP contribution in [-0.4, -0.2) is 23.0 Å². The molecule has 15 heavy (non-hydrogen) atoms. The SMILES string of the molecule is CCCCCNc1cn(CCF)nc1C. The molecule has 1 heterocycles. The molecule has 1 aromatic heterocycles. The van der Waals surface area contributed by atoms with E-state index >= 15 is 0 Å². The number of aromatic nitrogens is 2. The summed E-state index contributed by atoms with van der Waals surface area (Å²) in [5.41, 5.74) is 1.97.